The minimum Gasteiger partial charge on any atom is -0.466 e. The van der Waals surface area contributed by atoms with E-state index in [9.17, 15) is 4.79 Å². The number of hydrogen-bond acceptors (Lipinski definition) is 3. The van der Waals surface area contributed by atoms with E-state index in [1.54, 1.807) is 0 Å². The maximum absolute atomic E-state index is 11.3. The van der Waals surface area contributed by atoms with Crippen molar-refractivity contribution in [1.29, 1.82) is 0 Å². The van der Waals surface area contributed by atoms with Gasteiger partial charge >= 0.3 is 5.97 Å². The lowest BCUT2D eigenvalue weighted by molar-refractivity contribution is -0.149. The first-order valence-corrected chi connectivity index (χ1v) is 4.17. The molecule has 1 aliphatic carbocycles. The van der Waals surface area contributed by atoms with Gasteiger partial charge in [-0.25, -0.2) is 0 Å². The Morgan fingerprint density at radius 2 is 2.50 bits per heavy atom. The molecule has 1 saturated carbocycles. The Morgan fingerprint density at radius 1 is 1.75 bits per heavy atom. The second-order valence-corrected chi connectivity index (χ2v) is 3.41. The molecule has 1 unspecified atom stereocenters. The largest absolute Gasteiger partial charge is 0.466 e. The molecule has 0 spiro atoms. The van der Waals surface area contributed by atoms with Crippen molar-refractivity contribution in [3.63, 3.8) is 0 Å². The molecular formula is C8H14ClNO2. The Morgan fingerprint density at radius 3 is 2.92 bits per heavy atom. The molecular weight excluding hydrogens is 178 g/mol. The van der Waals surface area contributed by atoms with Crippen molar-refractivity contribution in [2.24, 2.45) is 11.3 Å². The first kappa shape index (κ1) is 9.81. The van der Waals surface area contributed by atoms with Crippen LogP contribution in [0.25, 0.3) is 0 Å². The number of hydrogen-bond donors (Lipinski definition) is 1. The van der Waals surface area contributed by atoms with Crippen molar-refractivity contribution in [2.75, 3.05) is 19.7 Å². The third-order valence-electron chi connectivity index (χ3n) is 2.75. The van der Waals surface area contributed by atoms with Crippen molar-refractivity contribution < 1.29 is 9.53 Å². The fourth-order valence-corrected chi connectivity index (χ4v) is 1.93. The molecule has 2 rings (SSSR count). The summed E-state index contributed by atoms with van der Waals surface area (Å²) in [5, 5.41) is 3.20. The third kappa shape index (κ3) is 1.21. The van der Waals surface area contributed by atoms with Gasteiger partial charge in [0.2, 0.25) is 0 Å². The molecule has 0 aromatic carbocycles. The summed E-state index contributed by atoms with van der Waals surface area (Å²) >= 11 is 0. The molecule has 0 amide bonds. The zero-order valence-corrected chi connectivity index (χ0v) is 7.95. The van der Waals surface area contributed by atoms with Crippen molar-refractivity contribution >= 4 is 18.4 Å². The molecule has 0 aromatic rings. The van der Waals surface area contributed by atoms with Gasteiger partial charge in [0.1, 0.15) is 0 Å². The number of carbonyl (C=O) groups is 1. The van der Waals surface area contributed by atoms with E-state index in [1.165, 1.54) is 0 Å². The summed E-state index contributed by atoms with van der Waals surface area (Å²) in [6, 6.07) is 0. The number of ether oxygens (including phenoxy) is 1. The number of piperidine rings is 1. The molecule has 2 atom stereocenters. The lowest BCUT2D eigenvalue weighted by atomic mass is 10.1. The van der Waals surface area contributed by atoms with Crippen LogP contribution in [0.3, 0.4) is 0 Å². The predicted molar refractivity (Wildman–Crippen MR) is 47.3 cm³/mol. The smallest absolute Gasteiger partial charge is 0.313 e. The number of halogens is 1. The zero-order valence-electron chi connectivity index (χ0n) is 7.13. The second kappa shape index (κ2) is 3.23. The number of rotatable bonds is 2. The third-order valence-corrected chi connectivity index (χ3v) is 2.75. The van der Waals surface area contributed by atoms with Gasteiger partial charge in [0.15, 0.2) is 0 Å². The molecule has 2 fully saturated rings. The summed E-state index contributed by atoms with van der Waals surface area (Å²) in [7, 11) is 0. The average Bonchev–Trinajstić information content (AvgIpc) is 2.57. The van der Waals surface area contributed by atoms with E-state index >= 15 is 0 Å². The van der Waals surface area contributed by atoms with Crippen LogP contribution in [-0.2, 0) is 9.53 Å². The average molecular weight is 192 g/mol. The fraction of sp³-hybridized carbons (Fsp3) is 0.875. The SMILES string of the molecule is CCOC(=O)C12CNC[C@@H]1C2.Cl. The fourth-order valence-electron chi connectivity index (χ4n) is 1.93. The molecule has 1 N–H and O–H groups in total. The molecule has 4 heteroatoms. The lowest BCUT2D eigenvalue weighted by Gasteiger charge is -2.09. The van der Waals surface area contributed by atoms with E-state index in [4.69, 9.17) is 4.74 Å². The van der Waals surface area contributed by atoms with E-state index in [2.05, 4.69) is 5.32 Å². The van der Waals surface area contributed by atoms with Gasteiger partial charge in [-0.15, -0.1) is 12.4 Å². The van der Waals surface area contributed by atoms with Crippen molar-refractivity contribution in [2.45, 2.75) is 13.3 Å². The Hall–Kier alpha value is -0.280. The summed E-state index contributed by atoms with van der Waals surface area (Å²) in [6.07, 6.45) is 1.04. The minimum absolute atomic E-state index is 0. The van der Waals surface area contributed by atoms with E-state index < -0.39 is 0 Å². The van der Waals surface area contributed by atoms with Gasteiger partial charge in [0.25, 0.3) is 0 Å². The maximum atomic E-state index is 11.3. The van der Waals surface area contributed by atoms with Gasteiger partial charge in [-0.1, -0.05) is 0 Å². The zero-order chi connectivity index (χ0) is 7.90. The van der Waals surface area contributed by atoms with Gasteiger partial charge in [-0.2, -0.15) is 0 Å². The molecule has 3 nitrogen and oxygen atoms in total. The Balaban J connectivity index is 0.000000720. The highest BCUT2D eigenvalue weighted by Crippen LogP contribution is 2.55. The standard InChI is InChI=1S/C8H13NO2.ClH/c1-2-11-7(10)8-3-6(8)4-9-5-8;/h6,9H,2-5H2,1H3;1H/t6-,8?;/m0./s1. The van der Waals surface area contributed by atoms with E-state index in [1.807, 2.05) is 6.92 Å². The van der Waals surface area contributed by atoms with Gasteiger partial charge in [0, 0.05) is 6.54 Å². The molecule has 0 aromatic heterocycles. The second-order valence-electron chi connectivity index (χ2n) is 3.41. The molecule has 1 heterocycles. The van der Waals surface area contributed by atoms with Crippen LogP contribution in [0.15, 0.2) is 0 Å². The summed E-state index contributed by atoms with van der Waals surface area (Å²) < 4.78 is 4.99. The van der Waals surface area contributed by atoms with Crippen molar-refractivity contribution in [3.05, 3.63) is 0 Å². The van der Waals surface area contributed by atoms with Crippen LogP contribution in [0, 0.1) is 11.3 Å². The Bertz CT molecular complexity index is 197. The Kier molecular flexibility index (Phi) is 2.64. The maximum Gasteiger partial charge on any atom is 0.313 e. The highest BCUT2D eigenvalue weighted by Gasteiger charge is 2.63. The van der Waals surface area contributed by atoms with Gasteiger partial charge in [-0.05, 0) is 25.8 Å². The number of nitrogens with one attached hydrogen (secondary N) is 1. The predicted octanol–water partition coefficient (Wildman–Crippen LogP) is 0.581. The van der Waals surface area contributed by atoms with Crippen molar-refractivity contribution in [3.8, 4) is 0 Å². The monoisotopic (exact) mass is 191 g/mol. The van der Waals surface area contributed by atoms with Crippen molar-refractivity contribution in [1.82, 2.24) is 5.32 Å². The molecule has 12 heavy (non-hydrogen) atoms. The number of carbonyl (C=O) groups excluding carboxylic acids is 1. The molecule has 1 saturated heterocycles. The molecule has 1 aliphatic heterocycles. The first-order chi connectivity index (χ1) is 5.29. The number of esters is 1. The summed E-state index contributed by atoms with van der Waals surface area (Å²) in [5.74, 6) is 0.580. The van der Waals surface area contributed by atoms with Crippen LogP contribution in [-0.4, -0.2) is 25.7 Å². The van der Waals surface area contributed by atoms with Crippen LogP contribution >= 0.6 is 12.4 Å². The van der Waals surface area contributed by atoms with Gasteiger partial charge in [-0.3, -0.25) is 4.79 Å². The number of fused-ring (bicyclic) bond motifs is 1. The Labute approximate surface area is 78.3 Å². The normalized spacial score (nSPS) is 36.6. The summed E-state index contributed by atoms with van der Waals surface area (Å²) in [5.41, 5.74) is -0.101. The van der Waals surface area contributed by atoms with E-state index in [-0.39, 0.29) is 23.8 Å². The van der Waals surface area contributed by atoms with Gasteiger partial charge < -0.3 is 10.1 Å². The van der Waals surface area contributed by atoms with Crippen LogP contribution in [0.1, 0.15) is 13.3 Å². The minimum atomic E-state index is -0.101. The van der Waals surface area contributed by atoms with Gasteiger partial charge in [0.05, 0.1) is 12.0 Å². The topological polar surface area (TPSA) is 38.3 Å². The molecule has 0 bridgehead atoms. The lowest BCUT2D eigenvalue weighted by Crippen LogP contribution is -2.25. The van der Waals surface area contributed by atoms with Crippen LogP contribution < -0.4 is 5.32 Å². The van der Waals surface area contributed by atoms with E-state index in [0.717, 1.165) is 19.5 Å². The highest BCUT2D eigenvalue weighted by atomic mass is 35.5. The quantitative estimate of drug-likeness (QED) is 0.649. The highest BCUT2D eigenvalue weighted by molar-refractivity contribution is 5.85. The first-order valence-electron chi connectivity index (χ1n) is 4.17. The summed E-state index contributed by atoms with van der Waals surface area (Å²) in [6.45, 7) is 4.19. The van der Waals surface area contributed by atoms with Crippen LogP contribution in [0.2, 0.25) is 0 Å². The van der Waals surface area contributed by atoms with Crippen LogP contribution in [0.5, 0.6) is 0 Å². The van der Waals surface area contributed by atoms with Crippen LogP contribution in [0.4, 0.5) is 0 Å². The molecule has 2 aliphatic rings. The summed E-state index contributed by atoms with van der Waals surface area (Å²) in [4.78, 5) is 11.3. The molecule has 70 valence electrons. The molecule has 0 radical (unpaired) electrons. The van der Waals surface area contributed by atoms with E-state index in [0.29, 0.717) is 12.5 Å².